The standard InChI is InChI=1S/C27H17NS/c1-14-8-9-22-19(11-14)26-23(29-22)12-15(2)24-18-6-3-5-17-16-7-4-10-28-21(16)13-20(25(17)18)27(24)26/h3-13H,1-2H3. The lowest BCUT2D eigenvalue weighted by atomic mass is 9.94. The number of benzene rings is 4. The Morgan fingerprint density at radius 3 is 2.52 bits per heavy atom. The van der Waals surface area contributed by atoms with Crippen LogP contribution in [0.5, 0.6) is 0 Å². The first-order chi connectivity index (χ1) is 14.2. The Kier molecular flexibility index (Phi) is 2.82. The van der Waals surface area contributed by atoms with Crippen molar-refractivity contribution in [3.8, 4) is 22.3 Å². The van der Waals surface area contributed by atoms with E-state index in [1.54, 1.807) is 0 Å². The molecule has 0 radical (unpaired) electrons. The van der Waals surface area contributed by atoms with Gasteiger partial charge in [-0.1, -0.05) is 35.9 Å². The van der Waals surface area contributed by atoms with E-state index in [1.807, 2.05) is 23.6 Å². The van der Waals surface area contributed by atoms with Crippen LogP contribution >= 0.6 is 11.3 Å². The molecule has 2 heterocycles. The molecule has 0 N–H and O–H groups in total. The van der Waals surface area contributed by atoms with Gasteiger partial charge in [0.05, 0.1) is 5.52 Å². The number of rotatable bonds is 0. The molecule has 0 unspecified atom stereocenters. The molecule has 0 aliphatic heterocycles. The predicted octanol–water partition coefficient (Wildman–Crippen LogP) is 8.02. The van der Waals surface area contributed by atoms with Crippen LogP contribution in [0.25, 0.3) is 64.1 Å². The minimum Gasteiger partial charge on any atom is -0.256 e. The number of thiophene rings is 1. The molecule has 2 heteroatoms. The van der Waals surface area contributed by atoms with Crippen LogP contribution in [-0.4, -0.2) is 4.98 Å². The summed E-state index contributed by atoms with van der Waals surface area (Å²) in [5, 5.41) is 6.71. The topological polar surface area (TPSA) is 12.9 Å². The Morgan fingerprint density at radius 1 is 0.690 bits per heavy atom. The van der Waals surface area contributed by atoms with Crippen LogP contribution in [0, 0.1) is 13.8 Å². The second-order valence-electron chi connectivity index (χ2n) is 8.14. The summed E-state index contributed by atoms with van der Waals surface area (Å²) in [6.07, 6.45) is 1.90. The lowest BCUT2D eigenvalue weighted by molar-refractivity contribution is 1.42. The van der Waals surface area contributed by atoms with Crippen molar-refractivity contribution in [1.29, 1.82) is 0 Å². The number of aryl methyl sites for hydroxylation is 2. The summed E-state index contributed by atoms with van der Waals surface area (Å²) >= 11 is 1.91. The SMILES string of the molecule is Cc1ccc2sc3cc(C)c4c(c3c2c1)-c1cc2ncccc2c2cccc-4c12. The molecule has 0 saturated carbocycles. The molecule has 1 aliphatic carbocycles. The van der Waals surface area contributed by atoms with Crippen LogP contribution in [0.1, 0.15) is 11.1 Å². The molecule has 0 amide bonds. The average Bonchev–Trinajstić information content (AvgIpc) is 3.25. The maximum atomic E-state index is 4.71. The van der Waals surface area contributed by atoms with Gasteiger partial charge in [-0.15, -0.1) is 11.3 Å². The molecule has 0 bridgehead atoms. The first kappa shape index (κ1) is 15.7. The summed E-state index contributed by atoms with van der Waals surface area (Å²) in [7, 11) is 0. The van der Waals surface area contributed by atoms with E-state index >= 15 is 0 Å². The highest BCUT2D eigenvalue weighted by molar-refractivity contribution is 7.26. The Labute approximate surface area is 172 Å². The van der Waals surface area contributed by atoms with Gasteiger partial charge in [0.2, 0.25) is 0 Å². The zero-order valence-electron chi connectivity index (χ0n) is 16.2. The van der Waals surface area contributed by atoms with Crippen LogP contribution in [-0.2, 0) is 0 Å². The van der Waals surface area contributed by atoms with E-state index in [4.69, 9.17) is 4.98 Å². The Hall–Kier alpha value is -3.23. The summed E-state index contributed by atoms with van der Waals surface area (Å²) in [4.78, 5) is 4.71. The number of pyridine rings is 1. The third-order valence-corrected chi connectivity index (χ3v) is 7.51. The van der Waals surface area contributed by atoms with E-state index in [0.717, 1.165) is 5.52 Å². The lowest BCUT2D eigenvalue weighted by Gasteiger charge is -2.09. The zero-order valence-corrected chi connectivity index (χ0v) is 17.0. The minimum atomic E-state index is 1.07. The summed E-state index contributed by atoms with van der Waals surface area (Å²) in [5.74, 6) is 0. The number of aromatic nitrogens is 1. The van der Waals surface area contributed by atoms with Gasteiger partial charge in [0.15, 0.2) is 0 Å². The van der Waals surface area contributed by atoms with Crippen LogP contribution in [0.2, 0.25) is 0 Å². The van der Waals surface area contributed by atoms with E-state index < -0.39 is 0 Å². The van der Waals surface area contributed by atoms with Gasteiger partial charge >= 0.3 is 0 Å². The van der Waals surface area contributed by atoms with Crippen molar-refractivity contribution in [2.75, 3.05) is 0 Å². The molecular formula is C27H17NS. The maximum absolute atomic E-state index is 4.71. The van der Waals surface area contributed by atoms with Gasteiger partial charge in [0.1, 0.15) is 0 Å². The molecule has 0 fully saturated rings. The molecule has 6 aromatic rings. The normalized spacial score (nSPS) is 12.5. The fourth-order valence-corrected chi connectivity index (χ4v) is 6.43. The van der Waals surface area contributed by atoms with Crippen molar-refractivity contribution < 1.29 is 0 Å². The van der Waals surface area contributed by atoms with Gasteiger partial charge in [0, 0.05) is 31.8 Å². The van der Waals surface area contributed by atoms with E-state index in [2.05, 4.69) is 68.4 Å². The van der Waals surface area contributed by atoms with E-state index in [1.165, 1.54) is 69.7 Å². The monoisotopic (exact) mass is 387 g/mol. The smallest absolute Gasteiger partial charge is 0.0714 e. The molecule has 0 atom stereocenters. The molecular weight excluding hydrogens is 370 g/mol. The molecule has 29 heavy (non-hydrogen) atoms. The highest BCUT2D eigenvalue weighted by Gasteiger charge is 2.28. The van der Waals surface area contributed by atoms with Crippen LogP contribution in [0.4, 0.5) is 0 Å². The molecule has 1 aliphatic rings. The summed E-state index contributed by atoms with van der Waals surface area (Å²) in [6, 6.07) is 22.5. The van der Waals surface area contributed by atoms with Gasteiger partial charge < -0.3 is 0 Å². The van der Waals surface area contributed by atoms with Gasteiger partial charge in [-0.2, -0.15) is 0 Å². The fraction of sp³-hybridized carbons (Fsp3) is 0.0741. The summed E-state index contributed by atoms with van der Waals surface area (Å²) < 4.78 is 2.74. The van der Waals surface area contributed by atoms with E-state index in [0.29, 0.717) is 0 Å². The first-order valence-electron chi connectivity index (χ1n) is 9.98. The molecule has 0 spiro atoms. The zero-order chi connectivity index (χ0) is 19.3. The molecule has 0 saturated heterocycles. The van der Waals surface area contributed by atoms with Crippen molar-refractivity contribution in [2.24, 2.45) is 0 Å². The van der Waals surface area contributed by atoms with Gasteiger partial charge in [-0.05, 0) is 82.8 Å². The number of nitrogens with zero attached hydrogens (tertiary/aromatic N) is 1. The highest BCUT2D eigenvalue weighted by atomic mass is 32.1. The lowest BCUT2D eigenvalue weighted by Crippen LogP contribution is -1.84. The average molecular weight is 388 g/mol. The van der Waals surface area contributed by atoms with Gasteiger partial charge in [-0.25, -0.2) is 0 Å². The van der Waals surface area contributed by atoms with Crippen molar-refractivity contribution >= 4 is 53.2 Å². The van der Waals surface area contributed by atoms with Crippen molar-refractivity contribution in [2.45, 2.75) is 13.8 Å². The Morgan fingerprint density at radius 2 is 1.59 bits per heavy atom. The predicted molar refractivity (Wildman–Crippen MR) is 126 cm³/mol. The molecule has 7 rings (SSSR count). The first-order valence-corrected chi connectivity index (χ1v) is 10.8. The van der Waals surface area contributed by atoms with E-state index in [9.17, 15) is 0 Å². The van der Waals surface area contributed by atoms with E-state index in [-0.39, 0.29) is 0 Å². The highest BCUT2D eigenvalue weighted by Crippen LogP contribution is 2.55. The van der Waals surface area contributed by atoms with Crippen molar-refractivity contribution in [3.63, 3.8) is 0 Å². The van der Waals surface area contributed by atoms with Crippen LogP contribution < -0.4 is 0 Å². The fourth-order valence-electron chi connectivity index (χ4n) is 5.24. The van der Waals surface area contributed by atoms with Gasteiger partial charge in [0.25, 0.3) is 0 Å². The Balaban J connectivity index is 1.79. The second-order valence-corrected chi connectivity index (χ2v) is 9.22. The van der Waals surface area contributed by atoms with Crippen molar-refractivity contribution in [1.82, 2.24) is 4.98 Å². The summed E-state index contributed by atoms with van der Waals surface area (Å²) in [6.45, 7) is 4.45. The van der Waals surface area contributed by atoms with Crippen LogP contribution in [0.15, 0.2) is 66.9 Å². The Bertz CT molecular complexity index is 1670. The van der Waals surface area contributed by atoms with Gasteiger partial charge in [-0.3, -0.25) is 4.98 Å². The molecule has 1 nitrogen and oxygen atoms in total. The quantitative estimate of drug-likeness (QED) is 0.240. The van der Waals surface area contributed by atoms with Crippen LogP contribution in [0.3, 0.4) is 0 Å². The van der Waals surface area contributed by atoms with Crippen molar-refractivity contribution in [3.05, 3.63) is 78.0 Å². The largest absolute Gasteiger partial charge is 0.256 e. The number of fused-ring (bicyclic) bond motifs is 9. The second kappa shape index (κ2) is 5.22. The third-order valence-electron chi connectivity index (χ3n) is 6.39. The molecule has 136 valence electrons. The summed E-state index contributed by atoms with van der Waals surface area (Å²) in [5.41, 5.74) is 9.25. The number of hydrogen-bond acceptors (Lipinski definition) is 2. The molecule has 4 aromatic carbocycles. The maximum Gasteiger partial charge on any atom is 0.0714 e. The number of hydrogen-bond donors (Lipinski definition) is 0. The minimum absolute atomic E-state index is 1.07. The third kappa shape index (κ3) is 1.87. The molecule has 2 aromatic heterocycles.